The molecule has 6 nitrogen and oxygen atoms in total. The summed E-state index contributed by atoms with van der Waals surface area (Å²) < 4.78 is 5.42. The Morgan fingerprint density at radius 3 is 2.30 bits per heavy atom. The summed E-state index contributed by atoms with van der Waals surface area (Å²) in [5, 5.41) is 36.8. The maximum atomic E-state index is 11.6. The van der Waals surface area contributed by atoms with Gasteiger partial charge in [-0.3, -0.25) is 4.79 Å². The summed E-state index contributed by atoms with van der Waals surface area (Å²) in [4.78, 5) is 11.6. The Kier molecular flexibility index (Phi) is 10.9. The predicted octanol–water partition coefficient (Wildman–Crippen LogP) is 0.00600. The van der Waals surface area contributed by atoms with Gasteiger partial charge < -0.3 is 25.2 Å². The molecule has 0 spiro atoms. The number of carbonyl (C=O) groups excluding carboxylic acids is 1. The van der Waals surface area contributed by atoms with Gasteiger partial charge in [-0.15, -0.1) is 0 Å². The predicted molar refractivity (Wildman–Crippen MR) is 74.3 cm³/mol. The summed E-state index contributed by atoms with van der Waals surface area (Å²) in [5.74, 6) is -0.695. The average molecular weight is 292 g/mol. The molecular formula is C14H28O6. The highest BCUT2D eigenvalue weighted by molar-refractivity contribution is 5.84. The van der Waals surface area contributed by atoms with Gasteiger partial charge in [0.1, 0.15) is 24.9 Å². The van der Waals surface area contributed by atoms with Crippen molar-refractivity contribution in [3.05, 3.63) is 0 Å². The molecule has 0 radical (unpaired) electrons. The zero-order chi connectivity index (χ0) is 15.5. The first kappa shape index (κ1) is 19.5. The highest BCUT2D eigenvalue weighted by Crippen LogP contribution is 2.11. The van der Waals surface area contributed by atoms with Crippen LogP contribution in [-0.2, 0) is 9.53 Å². The molecule has 0 amide bonds. The number of rotatable bonds is 12. The largest absolute Gasteiger partial charge is 0.394 e. The Morgan fingerprint density at radius 1 is 1.15 bits per heavy atom. The molecule has 4 atom stereocenters. The first-order valence-electron chi connectivity index (χ1n) is 7.27. The van der Waals surface area contributed by atoms with Crippen molar-refractivity contribution in [1.29, 1.82) is 0 Å². The summed E-state index contributed by atoms with van der Waals surface area (Å²) >= 11 is 0. The molecule has 6 heteroatoms. The van der Waals surface area contributed by atoms with E-state index in [2.05, 4.69) is 6.92 Å². The molecule has 0 aromatic rings. The number of Topliss-reactive ketones (excluding diaryl/α,β-unsaturated/α-hetero) is 1. The monoisotopic (exact) mass is 292 g/mol. The van der Waals surface area contributed by atoms with E-state index in [-0.39, 0.29) is 12.7 Å². The van der Waals surface area contributed by atoms with Crippen LogP contribution in [0.25, 0.3) is 0 Å². The molecule has 0 aromatic carbocycles. The van der Waals surface area contributed by atoms with Crippen molar-refractivity contribution in [2.24, 2.45) is 0 Å². The van der Waals surface area contributed by atoms with E-state index in [1.807, 2.05) is 6.92 Å². The first-order chi connectivity index (χ1) is 9.47. The van der Waals surface area contributed by atoms with Crippen molar-refractivity contribution in [3.63, 3.8) is 0 Å². The second-order valence-corrected chi connectivity index (χ2v) is 4.99. The summed E-state index contributed by atoms with van der Waals surface area (Å²) in [6.07, 6.45) is -0.154. The van der Waals surface area contributed by atoms with Gasteiger partial charge >= 0.3 is 0 Å². The SMILES string of the molecule is CCCCCC(CC)OCC(=O)[C@H](O)[C@@H](O)[C@H](O)CO. The normalized spacial score (nSPS) is 17.5. The lowest BCUT2D eigenvalue weighted by Crippen LogP contribution is -2.45. The molecule has 0 bridgehead atoms. The maximum absolute atomic E-state index is 11.6. The molecule has 0 aliphatic carbocycles. The van der Waals surface area contributed by atoms with Crippen LogP contribution in [0.5, 0.6) is 0 Å². The van der Waals surface area contributed by atoms with Gasteiger partial charge in [-0.2, -0.15) is 0 Å². The highest BCUT2D eigenvalue weighted by Gasteiger charge is 2.30. The third-order valence-corrected chi connectivity index (χ3v) is 3.28. The fourth-order valence-corrected chi connectivity index (χ4v) is 1.82. The molecule has 0 aliphatic rings. The Morgan fingerprint density at radius 2 is 1.80 bits per heavy atom. The molecule has 0 rings (SSSR count). The molecule has 0 saturated heterocycles. The number of hydrogen-bond donors (Lipinski definition) is 4. The van der Waals surface area contributed by atoms with E-state index in [1.165, 1.54) is 0 Å². The average Bonchev–Trinajstić information content (AvgIpc) is 2.47. The van der Waals surface area contributed by atoms with Crippen molar-refractivity contribution in [2.45, 2.75) is 70.4 Å². The zero-order valence-corrected chi connectivity index (χ0v) is 12.4. The second-order valence-electron chi connectivity index (χ2n) is 4.99. The minimum atomic E-state index is -1.75. The second kappa shape index (κ2) is 11.2. The van der Waals surface area contributed by atoms with Crippen LogP contribution in [0.1, 0.15) is 46.0 Å². The maximum Gasteiger partial charge on any atom is 0.189 e. The Balaban J connectivity index is 4.11. The summed E-state index contributed by atoms with van der Waals surface area (Å²) in [6, 6.07) is 0. The third kappa shape index (κ3) is 7.31. The van der Waals surface area contributed by atoms with Crippen LogP contribution < -0.4 is 0 Å². The molecule has 0 aliphatic heterocycles. The lowest BCUT2D eigenvalue weighted by molar-refractivity contribution is -0.146. The Bertz CT molecular complexity index is 258. The Hall–Kier alpha value is -0.530. The summed E-state index contributed by atoms with van der Waals surface area (Å²) in [6.45, 7) is 3.04. The van der Waals surface area contributed by atoms with Gasteiger partial charge in [-0.1, -0.05) is 33.1 Å². The van der Waals surface area contributed by atoms with E-state index in [0.29, 0.717) is 0 Å². The van der Waals surface area contributed by atoms with Gasteiger partial charge in [0, 0.05) is 0 Å². The lowest BCUT2D eigenvalue weighted by atomic mass is 10.0. The van der Waals surface area contributed by atoms with E-state index in [1.54, 1.807) is 0 Å². The van der Waals surface area contributed by atoms with Crippen LogP contribution in [0.4, 0.5) is 0 Å². The fourth-order valence-electron chi connectivity index (χ4n) is 1.82. The van der Waals surface area contributed by atoms with E-state index >= 15 is 0 Å². The van der Waals surface area contributed by atoms with Crippen LogP contribution in [0, 0.1) is 0 Å². The fraction of sp³-hybridized carbons (Fsp3) is 0.929. The molecule has 0 aromatic heterocycles. The van der Waals surface area contributed by atoms with Crippen LogP contribution in [0.2, 0.25) is 0 Å². The van der Waals surface area contributed by atoms with Gasteiger partial charge in [0.15, 0.2) is 5.78 Å². The minimum absolute atomic E-state index is 0.0439. The molecule has 20 heavy (non-hydrogen) atoms. The number of hydrogen-bond acceptors (Lipinski definition) is 6. The van der Waals surface area contributed by atoms with Gasteiger partial charge in [0.05, 0.1) is 12.7 Å². The van der Waals surface area contributed by atoms with Crippen molar-refractivity contribution >= 4 is 5.78 Å². The summed E-state index contributed by atoms with van der Waals surface area (Å²) in [7, 11) is 0. The van der Waals surface area contributed by atoms with Crippen LogP contribution in [0.15, 0.2) is 0 Å². The molecule has 4 N–H and O–H groups in total. The number of aliphatic hydroxyl groups excluding tert-OH is 4. The number of ether oxygens (including phenoxy) is 1. The van der Waals surface area contributed by atoms with E-state index < -0.39 is 30.7 Å². The van der Waals surface area contributed by atoms with Crippen molar-refractivity contribution in [2.75, 3.05) is 13.2 Å². The molecule has 0 heterocycles. The highest BCUT2D eigenvalue weighted by atomic mass is 16.5. The molecule has 1 unspecified atom stereocenters. The topological polar surface area (TPSA) is 107 Å². The molecular weight excluding hydrogens is 264 g/mol. The first-order valence-corrected chi connectivity index (χ1v) is 7.27. The van der Waals surface area contributed by atoms with Crippen LogP contribution in [0.3, 0.4) is 0 Å². The number of carbonyl (C=O) groups is 1. The van der Waals surface area contributed by atoms with E-state index in [4.69, 9.17) is 14.9 Å². The van der Waals surface area contributed by atoms with Gasteiger partial charge in [-0.05, 0) is 12.8 Å². The standard InChI is InChI=1S/C14H28O6/c1-3-5-6-7-10(4-2)20-9-12(17)14(19)13(18)11(16)8-15/h10-11,13-16,18-19H,3-9H2,1-2H3/t10?,11-,13+,14+/m1/s1. The summed E-state index contributed by atoms with van der Waals surface area (Å²) in [5.41, 5.74) is 0. The zero-order valence-electron chi connectivity index (χ0n) is 12.4. The van der Waals surface area contributed by atoms with E-state index in [0.717, 1.165) is 32.1 Å². The third-order valence-electron chi connectivity index (χ3n) is 3.28. The van der Waals surface area contributed by atoms with Crippen LogP contribution in [-0.4, -0.2) is 63.8 Å². The quantitative estimate of drug-likeness (QED) is 0.377. The van der Waals surface area contributed by atoms with Crippen molar-refractivity contribution in [3.8, 4) is 0 Å². The van der Waals surface area contributed by atoms with Crippen molar-refractivity contribution in [1.82, 2.24) is 0 Å². The smallest absolute Gasteiger partial charge is 0.189 e. The number of unbranched alkanes of at least 4 members (excludes halogenated alkanes) is 2. The molecule has 120 valence electrons. The van der Waals surface area contributed by atoms with Gasteiger partial charge in [0.25, 0.3) is 0 Å². The van der Waals surface area contributed by atoms with Gasteiger partial charge in [0.2, 0.25) is 0 Å². The van der Waals surface area contributed by atoms with Crippen LogP contribution >= 0.6 is 0 Å². The number of aliphatic hydroxyl groups is 4. The van der Waals surface area contributed by atoms with Crippen molar-refractivity contribution < 1.29 is 30.0 Å². The Labute approximate surface area is 120 Å². The molecule has 0 saturated carbocycles. The minimum Gasteiger partial charge on any atom is -0.394 e. The molecule has 0 fully saturated rings. The number of ketones is 1. The lowest BCUT2D eigenvalue weighted by Gasteiger charge is -2.22. The van der Waals surface area contributed by atoms with E-state index in [9.17, 15) is 15.0 Å². The van der Waals surface area contributed by atoms with Gasteiger partial charge in [-0.25, -0.2) is 0 Å².